The summed E-state index contributed by atoms with van der Waals surface area (Å²) in [4.78, 5) is 39.4. The van der Waals surface area contributed by atoms with Crippen molar-refractivity contribution in [3.05, 3.63) is 48.8 Å². The zero-order valence-electron chi connectivity index (χ0n) is 14.1. The van der Waals surface area contributed by atoms with Crippen LogP contribution in [-0.4, -0.2) is 57.0 Å². The molecule has 2 saturated heterocycles. The highest BCUT2D eigenvalue weighted by Gasteiger charge is 2.44. The molecule has 1 N–H and O–H groups in total. The van der Waals surface area contributed by atoms with E-state index in [2.05, 4.69) is 20.3 Å². The van der Waals surface area contributed by atoms with E-state index in [0.29, 0.717) is 25.3 Å². The summed E-state index contributed by atoms with van der Waals surface area (Å²) in [7, 11) is 0. The van der Waals surface area contributed by atoms with E-state index in [0.717, 1.165) is 6.42 Å². The predicted octanol–water partition coefficient (Wildman–Crippen LogP) is 1.13. The number of rotatable bonds is 3. The molecule has 2 aromatic heterocycles. The number of aromatic nitrogens is 3. The molecule has 0 saturated carbocycles. The largest absolute Gasteiger partial charge is 0.376 e. The number of carbonyl (C=O) groups is 2. The number of ether oxygens (including phenoxy) is 1. The molecule has 134 valence electrons. The van der Waals surface area contributed by atoms with Crippen LogP contribution in [0.15, 0.2) is 43.1 Å². The van der Waals surface area contributed by atoms with Crippen LogP contribution in [0.4, 0.5) is 5.69 Å². The lowest BCUT2D eigenvalue weighted by Gasteiger charge is -2.40. The van der Waals surface area contributed by atoms with E-state index < -0.39 is 0 Å². The quantitative estimate of drug-likeness (QED) is 0.888. The monoisotopic (exact) mass is 353 g/mol. The molecule has 2 fully saturated rings. The fourth-order valence-corrected chi connectivity index (χ4v) is 3.61. The van der Waals surface area contributed by atoms with E-state index >= 15 is 0 Å². The molecule has 26 heavy (non-hydrogen) atoms. The summed E-state index contributed by atoms with van der Waals surface area (Å²) in [6, 6.07) is 3.52. The first-order valence-electron chi connectivity index (χ1n) is 8.62. The van der Waals surface area contributed by atoms with Crippen molar-refractivity contribution in [2.45, 2.75) is 25.0 Å². The van der Waals surface area contributed by atoms with Crippen molar-refractivity contribution >= 4 is 17.5 Å². The predicted molar refractivity (Wildman–Crippen MR) is 92.2 cm³/mol. The molecule has 3 atom stereocenters. The molecule has 0 aliphatic carbocycles. The highest BCUT2D eigenvalue weighted by atomic mass is 16.5. The third kappa shape index (κ3) is 3.28. The van der Waals surface area contributed by atoms with Gasteiger partial charge in [-0.3, -0.25) is 19.6 Å². The van der Waals surface area contributed by atoms with E-state index in [-0.39, 0.29) is 35.6 Å². The van der Waals surface area contributed by atoms with Gasteiger partial charge >= 0.3 is 0 Å². The van der Waals surface area contributed by atoms with Crippen LogP contribution in [0.25, 0.3) is 0 Å². The van der Waals surface area contributed by atoms with Crippen LogP contribution in [0, 0.1) is 5.92 Å². The van der Waals surface area contributed by atoms with Crippen molar-refractivity contribution in [3.63, 3.8) is 0 Å². The molecule has 2 aliphatic heterocycles. The van der Waals surface area contributed by atoms with Gasteiger partial charge < -0.3 is 15.0 Å². The van der Waals surface area contributed by atoms with Crippen molar-refractivity contribution < 1.29 is 14.3 Å². The molecule has 0 radical (unpaired) electrons. The maximum atomic E-state index is 12.9. The van der Waals surface area contributed by atoms with Crippen molar-refractivity contribution in [2.75, 3.05) is 18.5 Å². The Morgan fingerprint density at radius 1 is 1.19 bits per heavy atom. The minimum atomic E-state index is -0.352. The molecule has 8 heteroatoms. The normalized spacial score (nSPS) is 24.8. The lowest BCUT2D eigenvalue weighted by atomic mass is 9.89. The van der Waals surface area contributed by atoms with Gasteiger partial charge in [0.25, 0.3) is 5.91 Å². The van der Waals surface area contributed by atoms with Gasteiger partial charge in [0, 0.05) is 31.7 Å². The number of carbonyl (C=O) groups excluding carboxylic acids is 2. The first kappa shape index (κ1) is 16.6. The Morgan fingerprint density at radius 2 is 2.08 bits per heavy atom. The minimum Gasteiger partial charge on any atom is -0.376 e. The number of anilines is 1. The van der Waals surface area contributed by atoms with Crippen molar-refractivity contribution in [2.24, 2.45) is 5.92 Å². The second-order valence-corrected chi connectivity index (χ2v) is 6.48. The number of hydrogen-bond donors (Lipinski definition) is 1. The molecule has 8 nitrogen and oxygen atoms in total. The first-order chi connectivity index (χ1) is 12.7. The van der Waals surface area contributed by atoms with Gasteiger partial charge in [-0.25, -0.2) is 4.98 Å². The van der Waals surface area contributed by atoms with Crippen molar-refractivity contribution in [3.8, 4) is 0 Å². The smallest absolute Gasteiger partial charge is 0.274 e. The van der Waals surface area contributed by atoms with Gasteiger partial charge in [-0.1, -0.05) is 0 Å². The van der Waals surface area contributed by atoms with Crippen LogP contribution >= 0.6 is 0 Å². The Kier molecular flexibility index (Phi) is 4.57. The van der Waals surface area contributed by atoms with Gasteiger partial charge in [-0.15, -0.1) is 0 Å². The number of hydrogen-bond acceptors (Lipinski definition) is 6. The molecular formula is C18H19N5O3. The average Bonchev–Trinajstić information content (AvgIpc) is 3.17. The number of piperidine rings is 1. The Morgan fingerprint density at radius 3 is 2.85 bits per heavy atom. The lowest BCUT2D eigenvalue weighted by molar-refractivity contribution is -0.123. The summed E-state index contributed by atoms with van der Waals surface area (Å²) in [5.41, 5.74) is 0.922. The summed E-state index contributed by atoms with van der Waals surface area (Å²) < 4.78 is 5.78. The molecule has 0 unspecified atom stereocenters. The molecule has 0 aromatic carbocycles. The van der Waals surface area contributed by atoms with E-state index in [9.17, 15) is 9.59 Å². The van der Waals surface area contributed by atoms with E-state index in [1.807, 2.05) is 0 Å². The van der Waals surface area contributed by atoms with Gasteiger partial charge in [0.2, 0.25) is 5.91 Å². The second-order valence-electron chi connectivity index (χ2n) is 6.48. The van der Waals surface area contributed by atoms with Gasteiger partial charge in [0.1, 0.15) is 5.69 Å². The zero-order valence-corrected chi connectivity index (χ0v) is 14.1. The summed E-state index contributed by atoms with van der Waals surface area (Å²) in [6.07, 6.45) is 8.95. The molecule has 4 heterocycles. The Hall–Kier alpha value is -2.87. The van der Waals surface area contributed by atoms with Gasteiger partial charge in [0.05, 0.1) is 36.1 Å². The Balaban J connectivity index is 1.53. The summed E-state index contributed by atoms with van der Waals surface area (Å²) in [5, 5.41) is 2.87. The third-order valence-corrected chi connectivity index (χ3v) is 4.85. The highest BCUT2D eigenvalue weighted by molar-refractivity contribution is 5.95. The molecule has 4 rings (SSSR count). The van der Waals surface area contributed by atoms with Crippen molar-refractivity contribution in [1.29, 1.82) is 0 Å². The van der Waals surface area contributed by atoms with E-state index in [1.54, 1.807) is 29.4 Å². The van der Waals surface area contributed by atoms with Gasteiger partial charge in [0.15, 0.2) is 0 Å². The summed E-state index contributed by atoms with van der Waals surface area (Å²) in [5.74, 6) is -0.698. The summed E-state index contributed by atoms with van der Waals surface area (Å²) in [6.45, 7) is 0.933. The SMILES string of the molecule is O=C(Nc1cccnc1)[C@H]1C[C@H]2OCC[C@H]2N(C(=O)c2cnccn2)C1. The van der Waals surface area contributed by atoms with Gasteiger partial charge in [-0.05, 0) is 25.0 Å². The number of amides is 2. The number of likely N-dealkylation sites (tertiary alicyclic amines) is 1. The van der Waals surface area contributed by atoms with Crippen LogP contribution < -0.4 is 5.32 Å². The maximum Gasteiger partial charge on any atom is 0.274 e. The van der Waals surface area contributed by atoms with E-state index in [4.69, 9.17) is 4.74 Å². The fourth-order valence-electron chi connectivity index (χ4n) is 3.61. The molecule has 2 aromatic rings. The number of pyridine rings is 1. The third-order valence-electron chi connectivity index (χ3n) is 4.85. The van der Waals surface area contributed by atoms with Gasteiger partial charge in [-0.2, -0.15) is 0 Å². The average molecular weight is 353 g/mol. The van der Waals surface area contributed by atoms with Crippen molar-refractivity contribution in [1.82, 2.24) is 19.9 Å². The lowest BCUT2D eigenvalue weighted by Crippen LogP contribution is -2.54. The molecule has 0 spiro atoms. The van der Waals surface area contributed by atoms with Crippen LogP contribution in [0.3, 0.4) is 0 Å². The number of nitrogens with one attached hydrogen (secondary N) is 1. The summed E-state index contributed by atoms with van der Waals surface area (Å²) >= 11 is 0. The minimum absolute atomic E-state index is 0.0213. The molecule has 0 bridgehead atoms. The van der Waals surface area contributed by atoms with Crippen LogP contribution in [-0.2, 0) is 9.53 Å². The maximum absolute atomic E-state index is 12.9. The van der Waals surface area contributed by atoms with Crippen LogP contribution in [0.5, 0.6) is 0 Å². The molecule has 2 amide bonds. The number of fused-ring (bicyclic) bond motifs is 1. The molecular weight excluding hydrogens is 334 g/mol. The second kappa shape index (κ2) is 7.17. The molecule has 2 aliphatic rings. The standard InChI is InChI=1S/C18H19N5O3/c24-17(22-13-2-1-4-19-9-13)12-8-16-15(3-7-26-16)23(11-12)18(25)14-10-20-5-6-21-14/h1-2,4-6,9-10,12,15-16H,3,7-8,11H2,(H,22,24)/t12-,15+,16+/m0/s1. The zero-order chi connectivity index (χ0) is 17.9. The Labute approximate surface area is 150 Å². The number of nitrogens with zero attached hydrogens (tertiary/aromatic N) is 4. The fraction of sp³-hybridized carbons (Fsp3) is 0.389. The Bertz CT molecular complexity index is 786. The topological polar surface area (TPSA) is 97.3 Å². The van der Waals surface area contributed by atoms with Crippen LogP contribution in [0.1, 0.15) is 23.3 Å². The highest BCUT2D eigenvalue weighted by Crippen LogP contribution is 2.32. The first-order valence-corrected chi connectivity index (χ1v) is 8.62. The van der Waals surface area contributed by atoms with Crippen LogP contribution in [0.2, 0.25) is 0 Å². The van der Waals surface area contributed by atoms with E-state index in [1.165, 1.54) is 18.6 Å².